The lowest BCUT2D eigenvalue weighted by Crippen LogP contribution is -2.73. The van der Waals surface area contributed by atoms with Crippen LogP contribution in [0.25, 0.3) is 0 Å². The number of hydrogen-bond donors (Lipinski definition) is 0. The van der Waals surface area contributed by atoms with Gasteiger partial charge in [-0.1, -0.05) is 157 Å². The van der Waals surface area contributed by atoms with Crippen molar-refractivity contribution in [2.45, 2.75) is 128 Å². The molecule has 0 saturated carbocycles. The Hall–Kier alpha value is -0.772. The topological polar surface area (TPSA) is 18.5 Å². The molecular weight excluding hydrogens is 529 g/mol. The van der Waals surface area contributed by atoms with E-state index in [1.54, 1.807) is 0 Å². The molecule has 2 aromatic rings. The van der Waals surface area contributed by atoms with Gasteiger partial charge in [-0.25, -0.2) is 0 Å². The summed E-state index contributed by atoms with van der Waals surface area (Å²) in [5.74, 6) is 0. The van der Waals surface area contributed by atoms with Crippen molar-refractivity contribution in [3.8, 4) is 0 Å². The molecule has 1 aliphatic rings. The van der Waals surface area contributed by atoms with Crippen molar-refractivity contribution in [1.29, 1.82) is 0 Å². The van der Waals surface area contributed by atoms with E-state index in [1.807, 2.05) is 0 Å². The van der Waals surface area contributed by atoms with Crippen LogP contribution in [-0.2, 0) is 8.85 Å². The summed E-state index contributed by atoms with van der Waals surface area (Å²) in [7, 11) is -6.94. The first-order valence-corrected chi connectivity index (χ1v) is 24.3. The first-order chi connectivity index (χ1) is 17.2. The van der Waals surface area contributed by atoms with Gasteiger partial charge in [0.15, 0.2) is 0 Å². The monoisotopic (exact) mass is 582 g/mol. The molecule has 0 aromatic heterocycles. The van der Waals surface area contributed by atoms with Crippen molar-refractivity contribution in [3.63, 3.8) is 0 Å². The van der Waals surface area contributed by atoms with Crippen LogP contribution in [-0.4, -0.2) is 32.3 Å². The average Bonchev–Trinajstić information content (AvgIpc) is 2.80. The summed E-state index contributed by atoms with van der Waals surface area (Å²) >= 11 is 0. The fourth-order valence-corrected chi connectivity index (χ4v) is 36.4. The lowest BCUT2D eigenvalue weighted by atomic mass is 10.2. The molecule has 0 spiro atoms. The summed E-state index contributed by atoms with van der Waals surface area (Å²) in [5.41, 5.74) is 2.97. The number of benzene rings is 2. The van der Waals surface area contributed by atoms with Crippen LogP contribution in [0.1, 0.15) is 106 Å². The molecule has 2 atom stereocenters. The standard InChI is InChI=1S/C32H54O2Si4/c1-29(2,3)37(13,30(4,5)6)35-27(25-21-17-15-18-22-25)33-36(34-28(35)26-23-19-16-20-24-26)38(14,31(7,8)9)32(10,11)12/h15-24,27-28H,1-14H3/t27-,28-/m0/s1. The highest BCUT2D eigenvalue weighted by Gasteiger charge is 2.67. The minimum Gasteiger partial charge on any atom is -0.392 e. The summed E-state index contributed by atoms with van der Waals surface area (Å²) in [6, 6.07) is 22.4. The van der Waals surface area contributed by atoms with Gasteiger partial charge in [0.2, 0.25) is 0 Å². The second kappa shape index (κ2) is 10.6. The van der Waals surface area contributed by atoms with Gasteiger partial charge in [0.05, 0.1) is 19.0 Å². The zero-order valence-electron chi connectivity index (χ0n) is 26.7. The highest BCUT2D eigenvalue weighted by Crippen LogP contribution is 2.60. The highest BCUT2D eigenvalue weighted by molar-refractivity contribution is 7.37. The van der Waals surface area contributed by atoms with Crippen molar-refractivity contribution < 1.29 is 8.85 Å². The first kappa shape index (κ1) is 31.8. The Labute approximate surface area is 240 Å². The molecule has 2 aromatic carbocycles. The Morgan fingerprint density at radius 3 is 1.05 bits per heavy atom. The van der Waals surface area contributed by atoms with Crippen LogP contribution in [0.4, 0.5) is 0 Å². The van der Waals surface area contributed by atoms with Crippen molar-refractivity contribution >= 4 is 32.3 Å². The molecule has 38 heavy (non-hydrogen) atoms. The van der Waals surface area contributed by atoms with Gasteiger partial charge in [-0.3, -0.25) is 0 Å². The molecule has 3 rings (SSSR count). The van der Waals surface area contributed by atoms with E-state index in [9.17, 15) is 0 Å². The summed E-state index contributed by atoms with van der Waals surface area (Å²) in [6.07, 6.45) is 0. The SMILES string of the molecule is CC(C)(C)[Si](C)([Si]1O[C@H](c2ccccc2)[Si]([Si](C)(C(C)(C)C)C(C)(C)C)[C@@H](c2ccccc2)O1)C(C)(C)C. The van der Waals surface area contributed by atoms with Gasteiger partial charge in [-0.15, -0.1) is 0 Å². The minimum absolute atomic E-state index is 0.126. The summed E-state index contributed by atoms with van der Waals surface area (Å²) in [4.78, 5) is 0. The third kappa shape index (κ3) is 5.42. The van der Waals surface area contributed by atoms with Crippen molar-refractivity contribution in [2.24, 2.45) is 0 Å². The molecule has 2 radical (unpaired) electrons. The predicted molar refractivity (Wildman–Crippen MR) is 174 cm³/mol. The van der Waals surface area contributed by atoms with Gasteiger partial charge in [-0.2, -0.15) is 0 Å². The van der Waals surface area contributed by atoms with Crippen molar-refractivity contribution in [1.82, 2.24) is 0 Å². The predicted octanol–water partition coefficient (Wildman–Crippen LogP) is 10.1. The average molecular weight is 583 g/mol. The fourth-order valence-electron chi connectivity index (χ4n) is 6.75. The molecule has 1 fully saturated rings. The largest absolute Gasteiger partial charge is 0.392 e. The molecule has 210 valence electrons. The van der Waals surface area contributed by atoms with E-state index < -0.39 is 32.3 Å². The Morgan fingerprint density at radius 2 is 0.789 bits per heavy atom. The Balaban J connectivity index is 2.39. The highest BCUT2D eigenvalue weighted by atomic mass is 29.3. The normalized spacial score (nSPS) is 21.5. The van der Waals surface area contributed by atoms with E-state index in [-0.39, 0.29) is 31.6 Å². The van der Waals surface area contributed by atoms with Crippen LogP contribution in [0, 0.1) is 0 Å². The third-order valence-electron chi connectivity index (χ3n) is 10.2. The number of hydrogen-bond acceptors (Lipinski definition) is 2. The molecule has 0 amide bonds. The van der Waals surface area contributed by atoms with Crippen LogP contribution in [0.2, 0.25) is 33.2 Å². The van der Waals surface area contributed by atoms with Gasteiger partial charge in [-0.05, 0) is 31.3 Å². The molecule has 6 heteroatoms. The van der Waals surface area contributed by atoms with Gasteiger partial charge in [0.25, 0.3) is 0 Å². The molecule has 1 aliphatic heterocycles. The van der Waals surface area contributed by atoms with Crippen molar-refractivity contribution in [2.75, 3.05) is 0 Å². The molecular formula is C32H54O2Si4. The second-order valence-electron chi connectivity index (χ2n) is 15.8. The third-order valence-corrected chi connectivity index (χ3v) is 44.8. The van der Waals surface area contributed by atoms with Crippen LogP contribution >= 0.6 is 0 Å². The minimum atomic E-state index is -2.09. The van der Waals surface area contributed by atoms with Crippen LogP contribution in [0.3, 0.4) is 0 Å². The smallest absolute Gasteiger partial charge is 0.360 e. The van der Waals surface area contributed by atoms with Crippen LogP contribution in [0.5, 0.6) is 0 Å². The van der Waals surface area contributed by atoms with Gasteiger partial charge < -0.3 is 8.85 Å². The summed E-state index contributed by atoms with van der Waals surface area (Å²) < 4.78 is 15.2. The molecule has 1 heterocycles. The molecule has 2 nitrogen and oxygen atoms in total. The fraction of sp³-hybridized carbons (Fsp3) is 0.625. The Bertz CT molecular complexity index is 982. The van der Waals surface area contributed by atoms with Crippen molar-refractivity contribution in [3.05, 3.63) is 71.8 Å². The van der Waals surface area contributed by atoms with Gasteiger partial charge in [0, 0.05) is 0 Å². The lowest BCUT2D eigenvalue weighted by molar-refractivity contribution is 0.135. The van der Waals surface area contributed by atoms with E-state index in [0.717, 1.165) is 0 Å². The molecule has 0 aliphatic carbocycles. The van der Waals surface area contributed by atoms with Crippen LogP contribution < -0.4 is 0 Å². The summed E-state index contributed by atoms with van der Waals surface area (Å²) in [5, 5.41) is 0.707. The zero-order valence-corrected chi connectivity index (χ0v) is 30.7. The van der Waals surface area contributed by atoms with Gasteiger partial charge in [0.1, 0.15) is 15.9 Å². The maximum atomic E-state index is 7.61. The molecule has 0 bridgehead atoms. The Kier molecular flexibility index (Phi) is 8.83. The van der Waals surface area contributed by atoms with Crippen LogP contribution in [0.15, 0.2) is 60.7 Å². The second-order valence-corrected chi connectivity index (χ2v) is 38.3. The lowest BCUT2D eigenvalue weighted by Gasteiger charge is -2.61. The Morgan fingerprint density at radius 1 is 0.500 bits per heavy atom. The molecule has 1 saturated heterocycles. The van der Waals surface area contributed by atoms with E-state index in [4.69, 9.17) is 8.85 Å². The number of rotatable bonds is 4. The molecule has 0 unspecified atom stereocenters. The maximum absolute atomic E-state index is 7.61. The van der Waals surface area contributed by atoms with E-state index in [1.165, 1.54) is 11.1 Å². The van der Waals surface area contributed by atoms with E-state index in [0.29, 0.717) is 0 Å². The zero-order chi connectivity index (χ0) is 28.9. The van der Waals surface area contributed by atoms with E-state index in [2.05, 4.69) is 157 Å². The summed E-state index contributed by atoms with van der Waals surface area (Å²) in [6.45, 7) is 34.9. The quantitative estimate of drug-likeness (QED) is 0.334. The van der Waals surface area contributed by atoms with Gasteiger partial charge >= 0.3 is 8.80 Å². The van der Waals surface area contributed by atoms with E-state index >= 15 is 0 Å². The molecule has 0 N–H and O–H groups in total. The first-order valence-electron chi connectivity index (χ1n) is 14.4. The maximum Gasteiger partial charge on any atom is 0.360 e.